The quantitative estimate of drug-likeness (QED) is 0.787. The van der Waals surface area contributed by atoms with Crippen molar-refractivity contribution in [1.82, 2.24) is 4.72 Å². The van der Waals surface area contributed by atoms with Gasteiger partial charge in [0.15, 0.2) is 0 Å². The number of carboxylic acids is 1. The Morgan fingerprint density at radius 2 is 1.95 bits per heavy atom. The number of benzene rings is 1. The van der Waals surface area contributed by atoms with Gasteiger partial charge in [0.25, 0.3) is 0 Å². The molecule has 0 atom stereocenters. The van der Waals surface area contributed by atoms with Crippen LogP contribution < -0.4 is 4.72 Å². The molecule has 0 aliphatic heterocycles. The molecule has 0 saturated heterocycles. The Kier molecular flexibility index (Phi) is 5.12. The highest BCUT2D eigenvalue weighted by atomic mass is 32.2. The summed E-state index contributed by atoms with van der Waals surface area (Å²) in [5.74, 6) is -1.29. The van der Waals surface area contributed by atoms with Gasteiger partial charge in [0.2, 0.25) is 10.0 Å². The minimum atomic E-state index is -4.34. The van der Waals surface area contributed by atoms with Gasteiger partial charge in [-0.15, -0.1) is 0 Å². The minimum Gasteiger partial charge on any atom is -0.478 e. The molecule has 0 spiro atoms. The third-order valence-electron chi connectivity index (χ3n) is 2.32. The lowest BCUT2D eigenvalue weighted by molar-refractivity contribution is -0.135. The Balaban J connectivity index is 2.70. The van der Waals surface area contributed by atoms with Crippen LogP contribution >= 0.6 is 0 Å². The van der Waals surface area contributed by atoms with Crippen molar-refractivity contribution in [2.45, 2.75) is 23.9 Å². The predicted molar refractivity (Wildman–Crippen MR) is 63.9 cm³/mol. The highest BCUT2D eigenvalue weighted by Crippen LogP contribution is 2.21. The molecule has 0 unspecified atom stereocenters. The second-order valence-electron chi connectivity index (χ2n) is 3.95. The lowest BCUT2D eigenvalue weighted by Gasteiger charge is -2.08. The van der Waals surface area contributed by atoms with Gasteiger partial charge in [-0.2, -0.15) is 13.2 Å². The summed E-state index contributed by atoms with van der Waals surface area (Å²) in [6.45, 7) is -0.376. The standard InChI is InChI=1S/C11H12F3NO4S/c12-11(13,14)5-2-6-15-20(18,19)9-4-1-3-8(7-9)10(16)17/h1,3-4,7,15H,2,5-6H2,(H,16,17). The number of alkyl halides is 3. The largest absolute Gasteiger partial charge is 0.478 e. The molecule has 0 bridgehead atoms. The number of carboxylic acid groups (broad SMARTS) is 1. The Labute approximate surface area is 113 Å². The van der Waals surface area contributed by atoms with Crippen molar-refractivity contribution < 1.29 is 31.5 Å². The fourth-order valence-electron chi connectivity index (χ4n) is 1.37. The number of rotatable bonds is 6. The fourth-order valence-corrected chi connectivity index (χ4v) is 2.49. The molecular weight excluding hydrogens is 299 g/mol. The zero-order chi connectivity index (χ0) is 15.4. The van der Waals surface area contributed by atoms with Crippen molar-refractivity contribution in [3.05, 3.63) is 29.8 Å². The zero-order valence-corrected chi connectivity index (χ0v) is 11.0. The summed E-state index contributed by atoms with van der Waals surface area (Å²) >= 11 is 0. The zero-order valence-electron chi connectivity index (χ0n) is 10.1. The molecule has 0 aromatic heterocycles. The molecule has 0 radical (unpaired) electrons. The number of carbonyl (C=O) groups is 1. The van der Waals surface area contributed by atoms with Crippen LogP contribution in [0.1, 0.15) is 23.2 Å². The Bertz CT molecular complexity index is 584. The van der Waals surface area contributed by atoms with Gasteiger partial charge < -0.3 is 5.11 Å². The van der Waals surface area contributed by atoms with Gasteiger partial charge in [0, 0.05) is 13.0 Å². The van der Waals surface area contributed by atoms with Crippen LogP contribution in [-0.4, -0.2) is 32.2 Å². The van der Waals surface area contributed by atoms with E-state index in [1.54, 1.807) is 0 Å². The van der Waals surface area contributed by atoms with Gasteiger partial charge in [-0.25, -0.2) is 17.9 Å². The van der Waals surface area contributed by atoms with Crippen LogP contribution in [0.25, 0.3) is 0 Å². The lowest BCUT2D eigenvalue weighted by Crippen LogP contribution is -2.26. The molecule has 1 rings (SSSR count). The van der Waals surface area contributed by atoms with Gasteiger partial charge in [-0.05, 0) is 24.6 Å². The first-order valence-electron chi connectivity index (χ1n) is 5.51. The van der Waals surface area contributed by atoms with Crippen molar-refractivity contribution in [2.24, 2.45) is 0 Å². The number of sulfonamides is 1. The SMILES string of the molecule is O=C(O)c1cccc(S(=O)(=O)NCCCC(F)(F)F)c1. The second kappa shape index (κ2) is 6.23. The van der Waals surface area contributed by atoms with E-state index in [9.17, 15) is 26.4 Å². The summed E-state index contributed by atoms with van der Waals surface area (Å²) in [4.78, 5) is 10.4. The highest BCUT2D eigenvalue weighted by Gasteiger charge is 2.26. The Hall–Kier alpha value is -1.61. The van der Waals surface area contributed by atoms with Crippen molar-refractivity contribution in [3.8, 4) is 0 Å². The molecule has 0 saturated carbocycles. The normalized spacial score (nSPS) is 12.3. The number of aromatic carboxylic acids is 1. The van der Waals surface area contributed by atoms with E-state index in [4.69, 9.17) is 5.11 Å². The average Bonchev–Trinajstić information content (AvgIpc) is 2.34. The number of hydrogen-bond acceptors (Lipinski definition) is 3. The number of hydrogen-bond donors (Lipinski definition) is 2. The molecule has 5 nitrogen and oxygen atoms in total. The van der Waals surface area contributed by atoms with Crippen LogP contribution in [0.3, 0.4) is 0 Å². The van der Waals surface area contributed by atoms with Crippen LogP contribution in [0.15, 0.2) is 29.2 Å². The van der Waals surface area contributed by atoms with Crippen molar-refractivity contribution in [2.75, 3.05) is 6.54 Å². The van der Waals surface area contributed by atoms with Crippen LogP contribution in [-0.2, 0) is 10.0 Å². The molecule has 1 aromatic rings. The van der Waals surface area contributed by atoms with Crippen LogP contribution in [0, 0.1) is 0 Å². The Morgan fingerprint density at radius 3 is 2.50 bits per heavy atom. The first-order valence-corrected chi connectivity index (χ1v) is 7.00. The number of nitrogens with one attached hydrogen (secondary N) is 1. The van der Waals surface area contributed by atoms with Gasteiger partial charge in [-0.1, -0.05) is 6.07 Å². The molecule has 9 heteroatoms. The lowest BCUT2D eigenvalue weighted by atomic mass is 10.2. The van der Waals surface area contributed by atoms with E-state index in [2.05, 4.69) is 0 Å². The Morgan fingerprint density at radius 1 is 1.30 bits per heavy atom. The summed E-state index contributed by atoms with van der Waals surface area (Å²) in [5.41, 5.74) is -0.219. The molecule has 0 aliphatic carbocycles. The van der Waals surface area contributed by atoms with Gasteiger partial charge >= 0.3 is 12.1 Å². The maximum absolute atomic E-state index is 11.9. The number of halogens is 3. The maximum Gasteiger partial charge on any atom is 0.389 e. The summed E-state index contributed by atoms with van der Waals surface area (Å²) in [7, 11) is -4.01. The smallest absolute Gasteiger partial charge is 0.389 e. The average molecular weight is 311 g/mol. The minimum absolute atomic E-state index is 0.219. The molecule has 1 aromatic carbocycles. The van der Waals surface area contributed by atoms with E-state index >= 15 is 0 Å². The third-order valence-corrected chi connectivity index (χ3v) is 3.78. The second-order valence-corrected chi connectivity index (χ2v) is 5.72. The summed E-state index contributed by atoms with van der Waals surface area (Å²) in [6, 6.07) is 4.56. The first-order chi connectivity index (χ1) is 9.12. The van der Waals surface area contributed by atoms with E-state index in [1.165, 1.54) is 18.2 Å². The van der Waals surface area contributed by atoms with Crippen LogP contribution in [0.5, 0.6) is 0 Å². The van der Waals surface area contributed by atoms with Gasteiger partial charge in [-0.3, -0.25) is 0 Å². The van der Waals surface area contributed by atoms with Gasteiger partial charge in [0.05, 0.1) is 10.5 Å². The van der Waals surface area contributed by atoms with E-state index in [1.807, 2.05) is 4.72 Å². The predicted octanol–water partition coefficient (Wildman–Crippen LogP) is 2.01. The van der Waals surface area contributed by atoms with Crippen LogP contribution in [0.2, 0.25) is 0 Å². The fraction of sp³-hybridized carbons (Fsp3) is 0.364. The first kappa shape index (κ1) is 16.4. The maximum atomic E-state index is 11.9. The van der Waals surface area contributed by atoms with E-state index in [0.717, 1.165) is 6.07 Å². The molecule has 0 fully saturated rings. The summed E-state index contributed by atoms with van der Waals surface area (Å²) in [5, 5.41) is 8.74. The molecule has 0 amide bonds. The molecular formula is C11H12F3NO4S. The van der Waals surface area contributed by atoms with E-state index in [-0.39, 0.29) is 23.4 Å². The topological polar surface area (TPSA) is 83.5 Å². The molecule has 2 N–H and O–H groups in total. The van der Waals surface area contributed by atoms with Crippen LogP contribution in [0.4, 0.5) is 13.2 Å². The van der Waals surface area contributed by atoms with Crippen molar-refractivity contribution in [3.63, 3.8) is 0 Å². The monoisotopic (exact) mass is 311 g/mol. The van der Waals surface area contributed by atoms with Gasteiger partial charge in [0.1, 0.15) is 0 Å². The molecule has 20 heavy (non-hydrogen) atoms. The molecule has 0 heterocycles. The molecule has 0 aliphatic rings. The summed E-state index contributed by atoms with van der Waals surface area (Å²) < 4.78 is 61.2. The van der Waals surface area contributed by atoms with Crippen molar-refractivity contribution >= 4 is 16.0 Å². The van der Waals surface area contributed by atoms with E-state index < -0.39 is 28.6 Å². The molecule has 112 valence electrons. The van der Waals surface area contributed by atoms with E-state index in [0.29, 0.717) is 0 Å². The van der Waals surface area contributed by atoms with Crippen molar-refractivity contribution in [1.29, 1.82) is 0 Å². The third kappa shape index (κ3) is 5.17. The summed E-state index contributed by atoms with van der Waals surface area (Å²) in [6.07, 6.45) is -5.82. The highest BCUT2D eigenvalue weighted by molar-refractivity contribution is 7.89.